The van der Waals surface area contributed by atoms with Gasteiger partial charge >= 0.3 is 12.4 Å². The van der Waals surface area contributed by atoms with Gasteiger partial charge in [0.15, 0.2) is 0 Å². The van der Waals surface area contributed by atoms with Crippen molar-refractivity contribution in [3.05, 3.63) is 29.8 Å². The summed E-state index contributed by atoms with van der Waals surface area (Å²) in [7, 11) is 0. The van der Waals surface area contributed by atoms with E-state index in [2.05, 4.69) is 20.3 Å². The van der Waals surface area contributed by atoms with Crippen molar-refractivity contribution < 1.29 is 27.4 Å². The van der Waals surface area contributed by atoms with Gasteiger partial charge in [-0.1, -0.05) is 18.2 Å². The van der Waals surface area contributed by atoms with Gasteiger partial charge < -0.3 is 20.1 Å². The molecule has 0 atom stereocenters. The van der Waals surface area contributed by atoms with E-state index >= 15 is 0 Å². The average Bonchev–Trinajstić information content (AvgIpc) is 2.59. The summed E-state index contributed by atoms with van der Waals surface area (Å²) < 4.78 is 46.5. The third-order valence-electron chi connectivity index (χ3n) is 4.19. The Labute approximate surface area is 150 Å². The third-order valence-corrected chi connectivity index (χ3v) is 4.19. The number of nitrogens with zero attached hydrogens (tertiary/aromatic N) is 1. The standard InChI is InChI=1S/C17H24F3N3O3/c1-16(2,23-7-9-25-10-8-23)12-22-15(24)21-11-13-5-3-4-6-14(13)26-17(18,19)20/h3-6H,7-12H2,1-2H3,(H2,21,22,24). The zero-order chi connectivity index (χ0) is 19.2. The van der Waals surface area contributed by atoms with Crippen molar-refractivity contribution in [1.29, 1.82) is 0 Å². The fraction of sp³-hybridized carbons (Fsp3) is 0.588. The molecule has 0 radical (unpaired) electrons. The van der Waals surface area contributed by atoms with Crippen LogP contribution in [-0.4, -0.2) is 55.7 Å². The molecule has 1 aliphatic heterocycles. The van der Waals surface area contributed by atoms with Crippen LogP contribution in [0.5, 0.6) is 5.75 Å². The van der Waals surface area contributed by atoms with Gasteiger partial charge in [-0.05, 0) is 19.9 Å². The van der Waals surface area contributed by atoms with Crippen LogP contribution < -0.4 is 15.4 Å². The van der Waals surface area contributed by atoms with Gasteiger partial charge in [0.05, 0.1) is 13.2 Å². The minimum absolute atomic E-state index is 0.0733. The second kappa shape index (κ2) is 8.59. The molecule has 1 aromatic carbocycles. The maximum Gasteiger partial charge on any atom is 0.573 e. The smallest absolute Gasteiger partial charge is 0.405 e. The maximum atomic E-state index is 12.4. The molecule has 2 rings (SSSR count). The fourth-order valence-electron chi connectivity index (χ4n) is 2.69. The number of hydrogen-bond acceptors (Lipinski definition) is 4. The van der Waals surface area contributed by atoms with Gasteiger partial charge in [0.2, 0.25) is 0 Å². The summed E-state index contributed by atoms with van der Waals surface area (Å²) in [5.74, 6) is -0.325. The van der Waals surface area contributed by atoms with Crippen LogP contribution in [0.1, 0.15) is 19.4 Å². The van der Waals surface area contributed by atoms with Crippen molar-refractivity contribution in [2.24, 2.45) is 0 Å². The monoisotopic (exact) mass is 375 g/mol. The van der Waals surface area contributed by atoms with Crippen LogP contribution in [0.4, 0.5) is 18.0 Å². The number of carbonyl (C=O) groups is 1. The van der Waals surface area contributed by atoms with Crippen molar-refractivity contribution in [2.45, 2.75) is 32.3 Å². The Morgan fingerprint density at radius 2 is 1.85 bits per heavy atom. The maximum absolute atomic E-state index is 12.4. The molecule has 9 heteroatoms. The number of carbonyl (C=O) groups excluding carboxylic acids is 1. The highest BCUT2D eigenvalue weighted by molar-refractivity contribution is 5.74. The molecule has 1 heterocycles. The minimum Gasteiger partial charge on any atom is -0.405 e. The largest absolute Gasteiger partial charge is 0.573 e. The molecule has 0 aromatic heterocycles. The van der Waals surface area contributed by atoms with E-state index in [0.717, 1.165) is 13.1 Å². The van der Waals surface area contributed by atoms with Gasteiger partial charge in [-0.2, -0.15) is 0 Å². The lowest BCUT2D eigenvalue weighted by atomic mass is 10.0. The molecule has 0 saturated carbocycles. The van der Waals surface area contributed by atoms with Crippen LogP contribution in [-0.2, 0) is 11.3 Å². The zero-order valence-corrected chi connectivity index (χ0v) is 14.9. The Balaban J connectivity index is 1.83. The molecule has 6 nitrogen and oxygen atoms in total. The van der Waals surface area contributed by atoms with Gasteiger partial charge in [0.1, 0.15) is 5.75 Å². The van der Waals surface area contributed by atoms with Gasteiger partial charge in [0, 0.05) is 37.3 Å². The molecule has 1 aliphatic rings. The van der Waals surface area contributed by atoms with Crippen molar-refractivity contribution in [2.75, 3.05) is 32.8 Å². The molecule has 146 valence electrons. The minimum atomic E-state index is -4.78. The molecular weight excluding hydrogens is 351 g/mol. The van der Waals surface area contributed by atoms with Crippen LogP contribution in [0.15, 0.2) is 24.3 Å². The summed E-state index contributed by atoms with van der Waals surface area (Å²) >= 11 is 0. The van der Waals surface area contributed by atoms with Gasteiger partial charge in [-0.25, -0.2) is 4.79 Å². The molecule has 0 spiro atoms. The number of urea groups is 1. The molecule has 0 aliphatic carbocycles. The Bertz CT molecular complexity index is 602. The van der Waals surface area contributed by atoms with Crippen molar-refractivity contribution >= 4 is 6.03 Å². The summed E-state index contributed by atoms with van der Waals surface area (Å²) in [6.07, 6.45) is -4.78. The summed E-state index contributed by atoms with van der Waals surface area (Å²) in [5, 5.41) is 5.32. The van der Waals surface area contributed by atoms with Crippen LogP contribution in [0, 0.1) is 0 Å². The predicted octanol–water partition coefficient (Wildman–Crippen LogP) is 2.50. The number of ether oxygens (including phenoxy) is 2. The number of hydrogen-bond donors (Lipinski definition) is 2. The van der Waals surface area contributed by atoms with E-state index in [-0.39, 0.29) is 23.4 Å². The normalized spacial score (nSPS) is 16.2. The summed E-state index contributed by atoms with van der Waals surface area (Å²) in [6, 6.07) is 5.26. The van der Waals surface area contributed by atoms with E-state index in [1.165, 1.54) is 18.2 Å². The number of morpholine rings is 1. The fourth-order valence-corrected chi connectivity index (χ4v) is 2.69. The number of nitrogens with one attached hydrogen (secondary N) is 2. The first kappa shape index (κ1) is 20.3. The van der Waals surface area contributed by atoms with Crippen LogP contribution >= 0.6 is 0 Å². The first-order valence-electron chi connectivity index (χ1n) is 8.35. The lowest BCUT2D eigenvalue weighted by Gasteiger charge is -2.40. The number of alkyl halides is 3. The van der Waals surface area contributed by atoms with Crippen molar-refractivity contribution in [3.63, 3.8) is 0 Å². The molecule has 0 unspecified atom stereocenters. The van der Waals surface area contributed by atoms with Crippen LogP contribution in [0.25, 0.3) is 0 Å². The second-order valence-electron chi connectivity index (χ2n) is 6.60. The second-order valence-corrected chi connectivity index (χ2v) is 6.60. The molecule has 2 amide bonds. The number of amides is 2. The molecule has 1 aromatic rings. The molecule has 2 N–H and O–H groups in total. The van der Waals surface area contributed by atoms with E-state index in [9.17, 15) is 18.0 Å². The number of halogens is 3. The van der Waals surface area contributed by atoms with Crippen molar-refractivity contribution in [1.82, 2.24) is 15.5 Å². The molecule has 0 bridgehead atoms. The molecule has 1 fully saturated rings. The van der Waals surface area contributed by atoms with Gasteiger partial charge in [-0.15, -0.1) is 13.2 Å². The highest BCUT2D eigenvalue weighted by atomic mass is 19.4. The SMILES string of the molecule is CC(C)(CNC(=O)NCc1ccccc1OC(F)(F)F)N1CCOCC1. The number of rotatable bonds is 6. The highest BCUT2D eigenvalue weighted by Gasteiger charge is 2.32. The Kier molecular flexibility index (Phi) is 6.71. The lowest BCUT2D eigenvalue weighted by molar-refractivity contribution is -0.274. The van der Waals surface area contributed by atoms with Crippen molar-refractivity contribution in [3.8, 4) is 5.75 Å². The first-order chi connectivity index (χ1) is 12.2. The predicted molar refractivity (Wildman–Crippen MR) is 89.8 cm³/mol. The van der Waals surface area contributed by atoms with Crippen LogP contribution in [0.2, 0.25) is 0 Å². The summed E-state index contributed by atoms with van der Waals surface area (Å²) in [6.45, 7) is 7.26. The van der Waals surface area contributed by atoms with E-state index in [1.54, 1.807) is 6.07 Å². The highest BCUT2D eigenvalue weighted by Crippen LogP contribution is 2.26. The Morgan fingerprint density at radius 1 is 1.19 bits per heavy atom. The molecule has 1 saturated heterocycles. The van der Waals surface area contributed by atoms with E-state index in [4.69, 9.17) is 4.74 Å². The van der Waals surface area contributed by atoms with Gasteiger partial charge in [0.25, 0.3) is 0 Å². The zero-order valence-electron chi connectivity index (χ0n) is 14.9. The lowest BCUT2D eigenvalue weighted by Crippen LogP contribution is -2.56. The molecular formula is C17H24F3N3O3. The first-order valence-corrected chi connectivity index (χ1v) is 8.35. The Morgan fingerprint density at radius 3 is 2.50 bits per heavy atom. The van der Waals surface area contributed by atoms with Crippen LogP contribution in [0.3, 0.4) is 0 Å². The topological polar surface area (TPSA) is 62.8 Å². The average molecular weight is 375 g/mol. The Hall–Kier alpha value is -2.00. The van der Waals surface area contributed by atoms with Gasteiger partial charge in [-0.3, -0.25) is 4.90 Å². The number of para-hydroxylation sites is 1. The van der Waals surface area contributed by atoms with E-state index in [1.807, 2.05) is 13.8 Å². The van der Waals surface area contributed by atoms with E-state index in [0.29, 0.717) is 19.8 Å². The summed E-state index contributed by atoms with van der Waals surface area (Å²) in [5.41, 5.74) is -0.00859. The molecule has 26 heavy (non-hydrogen) atoms. The third kappa shape index (κ3) is 6.38. The quantitative estimate of drug-likeness (QED) is 0.802. The number of benzene rings is 1. The van der Waals surface area contributed by atoms with E-state index < -0.39 is 12.4 Å². The summed E-state index contributed by atoms with van der Waals surface area (Å²) in [4.78, 5) is 14.2.